The number of hydrogen-bond donors (Lipinski definition) is 2. The fourth-order valence-corrected chi connectivity index (χ4v) is 3.96. The first-order chi connectivity index (χ1) is 12.0. The van der Waals surface area contributed by atoms with E-state index in [2.05, 4.69) is 28.6 Å². The van der Waals surface area contributed by atoms with Crippen LogP contribution in [0.2, 0.25) is 0 Å². The summed E-state index contributed by atoms with van der Waals surface area (Å²) in [4.78, 5) is 40.0. The predicted molar refractivity (Wildman–Crippen MR) is 92.2 cm³/mol. The van der Waals surface area contributed by atoms with Crippen LogP contribution in [-0.2, 0) is 16.1 Å². The molecule has 2 atom stereocenters. The van der Waals surface area contributed by atoms with Crippen LogP contribution in [0.1, 0.15) is 35.2 Å². The Balaban J connectivity index is 1.55. The number of imide groups is 1. The van der Waals surface area contributed by atoms with Gasteiger partial charge in [0, 0.05) is 43.9 Å². The van der Waals surface area contributed by atoms with Gasteiger partial charge in [0.15, 0.2) is 0 Å². The van der Waals surface area contributed by atoms with Gasteiger partial charge in [0.2, 0.25) is 11.8 Å². The molecule has 2 fully saturated rings. The number of carbonyl (C=O) groups is 3. The summed E-state index contributed by atoms with van der Waals surface area (Å²) in [6.07, 6.45) is 1.78. The number of anilines is 1. The van der Waals surface area contributed by atoms with Crippen molar-refractivity contribution in [2.24, 2.45) is 0 Å². The number of rotatable bonds is 3. The van der Waals surface area contributed by atoms with Crippen molar-refractivity contribution in [2.45, 2.75) is 37.9 Å². The Labute approximate surface area is 146 Å². The Hall–Kier alpha value is -2.41. The molecule has 25 heavy (non-hydrogen) atoms. The van der Waals surface area contributed by atoms with E-state index in [1.165, 1.54) is 0 Å². The Morgan fingerprint density at radius 3 is 2.76 bits per heavy atom. The molecule has 0 aromatic heterocycles. The lowest BCUT2D eigenvalue weighted by atomic mass is 10.0. The molecule has 3 heterocycles. The second-order valence-corrected chi connectivity index (χ2v) is 7.00. The highest BCUT2D eigenvalue weighted by Crippen LogP contribution is 2.31. The Kier molecular flexibility index (Phi) is 3.95. The van der Waals surface area contributed by atoms with E-state index >= 15 is 0 Å². The summed E-state index contributed by atoms with van der Waals surface area (Å²) in [6, 6.07) is 5.79. The van der Waals surface area contributed by atoms with Gasteiger partial charge in [-0.1, -0.05) is 0 Å². The van der Waals surface area contributed by atoms with Crippen molar-refractivity contribution in [3.63, 3.8) is 0 Å². The van der Waals surface area contributed by atoms with Gasteiger partial charge < -0.3 is 15.1 Å². The van der Waals surface area contributed by atoms with Crippen LogP contribution >= 0.6 is 0 Å². The molecular weight excluding hydrogens is 320 g/mol. The molecule has 2 saturated heterocycles. The quantitative estimate of drug-likeness (QED) is 0.770. The molecule has 3 aliphatic heterocycles. The minimum atomic E-state index is -0.558. The van der Waals surface area contributed by atoms with E-state index in [9.17, 15) is 14.4 Å². The maximum atomic E-state index is 12.7. The van der Waals surface area contributed by atoms with Crippen molar-refractivity contribution in [1.29, 1.82) is 0 Å². The van der Waals surface area contributed by atoms with Crippen molar-refractivity contribution in [2.75, 3.05) is 25.0 Å². The molecule has 3 amide bonds. The molecule has 1 unspecified atom stereocenters. The Morgan fingerprint density at radius 2 is 2.04 bits per heavy atom. The van der Waals surface area contributed by atoms with Crippen LogP contribution in [0.15, 0.2) is 18.2 Å². The van der Waals surface area contributed by atoms with Crippen LogP contribution in [0.25, 0.3) is 0 Å². The summed E-state index contributed by atoms with van der Waals surface area (Å²) < 4.78 is 0. The van der Waals surface area contributed by atoms with Gasteiger partial charge in [-0.3, -0.25) is 19.7 Å². The molecule has 0 radical (unpaired) electrons. The third kappa shape index (κ3) is 2.78. The SMILES string of the molecule is CN(c1ccc2c(c1)CN(C1CCC(=O)NC1=O)C2=O)[C@H]1CCNC1. The average molecular weight is 342 g/mol. The largest absolute Gasteiger partial charge is 0.370 e. The Bertz CT molecular complexity index is 742. The highest BCUT2D eigenvalue weighted by Gasteiger charge is 2.39. The zero-order valence-electron chi connectivity index (χ0n) is 14.2. The highest BCUT2D eigenvalue weighted by molar-refractivity contribution is 6.05. The number of fused-ring (bicyclic) bond motifs is 1. The van der Waals surface area contributed by atoms with E-state index in [1.807, 2.05) is 12.1 Å². The molecule has 1 aromatic rings. The highest BCUT2D eigenvalue weighted by atomic mass is 16.2. The monoisotopic (exact) mass is 342 g/mol. The minimum Gasteiger partial charge on any atom is -0.370 e. The zero-order chi connectivity index (χ0) is 17.6. The van der Waals surface area contributed by atoms with Crippen LogP contribution in [0.3, 0.4) is 0 Å². The number of hydrogen-bond acceptors (Lipinski definition) is 5. The summed E-state index contributed by atoms with van der Waals surface area (Å²) >= 11 is 0. The topological polar surface area (TPSA) is 81.8 Å². The third-order valence-corrected chi connectivity index (χ3v) is 5.50. The molecule has 0 bridgehead atoms. The fourth-order valence-electron chi connectivity index (χ4n) is 3.96. The second kappa shape index (κ2) is 6.15. The third-order valence-electron chi connectivity index (χ3n) is 5.50. The lowest BCUT2D eigenvalue weighted by molar-refractivity contribution is -0.136. The molecule has 1 aromatic carbocycles. The van der Waals surface area contributed by atoms with E-state index in [1.54, 1.807) is 4.90 Å². The normalized spacial score (nSPS) is 26.0. The number of piperidine rings is 1. The fraction of sp³-hybridized carbons (Fsp3) is 0.500. The van der Waals surface area contributed by atoms with Crippen molar-refractivity contribution >= 4 is 23.4 Å². The first-order valence-corrected chi connectivity index (χ1v) is 8.76. The molecule has 3 aliphatic rings. The van der Waals surface area contributed by atoms with Crippen molar-refractivity contribution in [3.05, 3.63) is 29.3 Å². The molecule has 0 saturated carbocycles. The molecule has 2 N–H and O–H groups in total. The lowest BCUT2D eigenvalue weighted by Gasteiger charge is -2.29. The summed E-state index contributed by atoms with van der Waals surface area (Å²) in [7, 11) is 2.08. The van der Waals surface area contributed by atoms with Crippen molar-refractivity contribution < 1.29 is 14.4 Å². The standard InChI is InChI=1S/C18H22N4O3/c1-21(13-6-7-19-9-13)12-2-3-14-11(8-12)10-22(18(14)25)15-4-5-16(23)20-17(15)24/h2-3,8,13,15,19H,4-7,9-10H2,1H3,(H,20,23,24)/t13-,15?/m0/s1. The van der Waals surface area contributed by atoms with Gasteiger partial charge in [-0.15, -0.1) is 0 Å². The molecule has 7 nitrogen and oxygen atoms in total. The van der Waals surface area contributed by atoms with Gasteiger partial charge in [0.05, 0.1) is 0 Å². The summed E-state index contributed by atoms with van der Waals surface area (Å²) in [5.74, 6) is -0.757. The van der Waals surface area contributed by atoms with E-state index in [0.29, 0.717) is 24.6 Å². The van der Waals surface area contributed by atoms with E-state index in [0.717, 1.165) is 30.8 Å². The first kappa shape index (κ1) is 16.1. The summed E-state index contributed by atoms with van der Waals surface area (Å²) in [5.41, 5.74) is 2.70. The summed E-state index contributed by atoms with van der Waals surface area (Å²) in [6.45, 7) is 2.42. The van der Waals surface area contributed by atoms with Crippen LogP contribution in [-0.4, -0.2) is 54.8 Å². The van der Waals surface area contributed by atoms with Gasteiger partial charge in [-0.05, 0) is 43.1 Å². The van der Waals surface area contributed by atoms with E-state index in [-0.39, 0.29) is 24.1 Å². The molecule has 4 rings (SSSR count). The minimum absolute atomic E-state index is 0.124. The van der Waals surface area contributed by atoms with Crippen LogP contribution in [0.4, 0.5) is 5.69 Å². The van der Waals surface area contributed by atoms with E-state index in [4.69, 9.17) is 0 Å². The number of nitrogens with zero attached hydrogens (tertiary/aromatic N) is 2. The maximum absolute atomic E-state index is 12.7. The lowest BCUT2D eigenvalue weighted by Crippen LogP contribution is -2.52. The second-order valence-electron chi connectivity index (χ2n) is 7.00. The average Bonchev–Trinajstić information content (AvgIpc) is 3.23. The van der Waals surface area contributed by atoms with Gasteiger partial charge in [0.25, 0.3) is 5.91 Å². The Morgan fingerprint density at radius 1 is 1.20 bits per heavy atom. The van der Waals surface area contributed by atoms with E-state index < -0.39 is 6.04 Å². The van der Waals surface area contributed by atoms with Crippen molar-refractivity contribution in [3.8, 4) is 0 Å². The van der Waals surface area contributed by atoms with Gasteiger partial charge >= 0.3 is 0 Å². The predicted octanol–water partition coefficient (Wildman–Crippen LogP) is 0.246. The summed E-state index contributed by atoms with van der Waals surface area (Å²) in [5, 5.41) is 5.70. The molecule has 0 spiro atoms. The zero-order valence-corrected chi connectivity index (χ0v) is 14.2. The van der Waals surface area contributed by atoms with Gasteiger partial charge in [-0.25, -0.2) is 0 Å². The van der Waals surface area contributed by atoms with Crippen LogP contribution in [0.5, 0.6) is 0 Å². The molecule has 0 aliphatic carbocycles. The van der Waals surface area contributed by atoms with Crippen LogP contribution in [0, 0.1) is 0 Å². The smallest absolute Gasteiger partial charge is 0.255 e. The van der Waals surface area contributed by atoms with Crippen LogP contribution < -0.4 is 15.5 Å². The maximum Gasteiger partial charge on any atom is 0.255 e. The number of carbonyl (C=O) groups excluding carboxylic acids is 3. The number of benzene rings is 1. The van der Waals surface area contributed by atoms with Crippen molar-refractivity contribution in [1.82, 2.24) is 15.5 Å². The molecular formula is C18H22N4O3. The molecule has 132 valence electrons. The number of amides is 3. The first-order valence-electron chi connectivity index (χ1n) is 8.76. The number of likely N-dealkylation sites (N-methyl/N-ethyl adjacent to an activating group) is 1. The van der Waals surface area contributed by atoms with Gasteiger partial charge in [0.1, 0.15) is 6.04 Å². The molecule has 7 heteroatoms. The van der Waals surface area contributed by atoms with Gasteiger partial charge in [-0.2, -0.15) is 0 Å². The number of nitrogens with one attached hydrogen (secondary N) is 2.